The van der Waals surface area contributed by atoms with Gasteiger partial charge in [0.05, 0.1) is 13.7 Å². The van der Waals surface area contributed by atoms with Crippen molar-refractivity contribution in [3.8, 4) is 0 Å². The molecule has 134 valence electrons. The molecule has 0 atom stereocenters. The highest BCUT2D eigenvalue weighted by atomic mass is 16.7. The van der Waals surface area contributed by atoms with Gasteiger partial charge in [-0.15, -0.1) is 0 Å². The molecule has 0 heterocycles. The number of carbonyl (C=O) groups is 2. The summed E-state index contributed by atoms with van der Waals surface area (Å²) in [6.07, 6.45) is 5.45. The Morgan fingerprint density at radius 2 is 1.48 bits per heavy atom. The lowest BCUT2D eigenvalue weighted by Gasteiger charge is -2.27. The Kier molecular flexibility index (Phi) is 9.48. The van der Waals surface area contributed by atoms with E-state index >= 15 is 0 Å². The van der Waals surface area contributed by atoms with Crippen LogP contribution in [-0.4, -0.2) is 38.2 Å². The zero-order valence-corrected chi connectivity index (χ0v) is 14.5. The molecule has 0 saturated heterocycles. The smallest absolute Gasteiger partial charge is 0.438 e. The maximum Gasteiger partial charge on any atom is 0.508 e. The molecule has 0 N–H and O–H groups in total. The van der Waals surface area contributed by atoms with E-state index in [0.717, 1.165) is 18.8 Å². The number of rotatable bonds is 8. The highest BCUT2D eigenvalue weighted by Gasteiger charge is 2.26. The fraction of sp³-hybridized carbons (Fsp3) is 0.882. The van der Waals surface area contributed by atoms with Crippen LogP contribution in [0.3, 0.4) is 0 Å². The maximum atomic E-state index is 11.6. The van der Waals surface area contributed by atoms with Crippen LogP contribution >= 0.6 is 0 Å². The first-order valence-electron chi connectivity index (χ1n) is 8.59. The molecule has 6 nitrogen and oxygen atoms in total. The van der Waals surface area contributed by atoms with E-state index in [2.05, 4.69) is 18.6 Å². The standard InChI is InChI=1S/C17H30O6/c1-13(2)7-5-4-6-12-21-17(19)23-15-10-8-14(9-11-15)22-16(18)20-3/h13-15H,4-12H2,1-3H3. The van der Waals surface area contributed by atoms with Crippen LogP contribution in [-0.2, 0) is 18.9 Å². The zero-order chi connectivity index (χ0) is 17.1. The van der Waals surface area contributed by atoms with E-state index in [1.54, 1.807) is 0 Å². The lowest BCUT2D eigenvalue weighted by atomic mass is 9.95. The molecule has 1 fully saturated rings. The number of hydrogen-bond acceptors (Lipinski definition) is 6. The molecule has 1 aliphatic carbocycles. The molecule has 0 spiro atoms. The first kappa shape index (κ1) is 19.6. The number of methoxy groups -OCH3 is 1. The van der Waals surface area contributed by atoms with Gasteiger partial charge in [-0.3, -0.25) is 0 Å². The lowest BCUT2D eigenvalue weighted by molar-refractivity contribution is -0.0230. The summed E-state index contributed by atoms with van der Waals surface area (Å²) in [7, 11) is 1.29. The Morgan fingerprint density at radius 3 is 2.00 bits per heavy atom. The van der Waals surface area contributed by atoms with Crippen molar-refractivity contribution in [1.29, 1.82) is 0 Å². The van der Waals surface area contributed by atoms with E-state index in [9.17, 15) is 9.59 Å². The van der Waals surface area contributed by atoms with E-state index in [1.165, 1.54) is 20.0 Å². The van der Waals surface area contributed by atoms with Gasteiger partial charge in [-0.2, -0.15) is 0 Å². The number of unbranched alkanes of at least 4 members (excludes halogenated alkanes) is 2. The van der Waals surface area contributed by atoms with Crippen LogP contribution in [0, 0.1) is 5.92 Å². The van der Waals surface area contributed by atoms with E-state index in [-0.39, 0.29) is 12.2 Å². The van der Waals surface area contributed by atoms with Gasteiger partial charge in [0.2, 0.25) is 0 Å². The normalized spacial score (nSPS) is 20.9. The van der Waals surface area contributed by atoms with E-state index in [4.69, 9.17) is 14.2 Å². The third kappa shape index (κ3) is 9.31. The third-order valence-corrected chi connectivity index (χ3v) is 3.96. The lowest BCUT2D eigenvalue weighted by Crippen LogP contribution is -2.30. The summed E-state index contributed by atoms with van der Waals surface area (Å²) in [5.74, 6) is 0.721. The average Bonchev–Trinajstić information content (AvgIpc) is 2.52. The van der Waals surface area contributed by atoms with Crippen molar-refractivity contribution in [1.82, 2.24) is 0 Å². The second kappa shape index (κ2) is 11.1. The first-order chi connectivity index (χ1) is 11.0. The highest BCUT2D eigenvalue weighted by Crippen LogP contribution is 2.24. The fourth-order valence-electron chi connectivity index (χ4n) is 2.61. The molecule has 1 saturated carbocycles. The Balaban J connectivity index is 2.04. The molecule has 6 heteroatoms. The van der Waals surface area contributed by atoms with Crippen molar-refractivity contribution >= 4 is 12.3 Å². The summed E-state index contributed by atoms with van der Waals surface area (Å²) in [4.78, 5) is 22.6. The summed E-state index contributed by atoms with van der Waals surface area (Å²) < 4.78 is 19.9. The summed E-state index contributed by atoms with van der Waals surface area (Å²) >= 11 is 0. The Morgan fingerprint density at radius 1 is 0.913 bits per heavy atom. The predicted molar refractivity (Wildman–Crippen MR) is 85.3 cm³/mol. The number of hydrogen-bond donors (Lipinski definition) is 0. The summed E-state index contributed by atoms with van der Waals surface area (Å²) in [5.41, 5.74) is 0. The minimum absolute atomic E-state index is 0.152. The molecular weight excluding hydrogens is 300 g/mol. The molecule has 0 unspecified atom stereocenters. The molecule has 0 radical (unpaired) electrons. The van der Waals surface area contributed by atoms with Crippen molar-refractivity contribution < 1.29 is 28.5 Å². The van der Waals surface area contributed by atoms with Crippen molar-refractivity contribution in [2.75, 3.05) is 13.7 Å². The maximum absolute atomic E-state index is 11.6. The van der Waals surface area contributed by atoms with Gasteiger partial charge in [0.25, 0.3) is 0 Å². The predicted octanol–water partition coefficient (Wildman–Crippen LogP) is 4.45. The van der Waals surface area contributed by atoms with Crippen LogP contribution in [0.2, 0.25) is 0 Å². The van der Waals surface area contributed by atoms with Crippen molar-refractivity contribution in [2.24, 2.45) is 5.92 Å². The summed E-state index contributed by atoms with van der Waals surface area (Å²) in [5, 5.41) is 0. The van der Waals surface area contributed by atoms with Crippen molar-refractivity contribution in [3.63, 3.8) is 0 Å². The molecule has 1 rings (SSSR count). The van der Waals surface area contributed by atoms with Crippen LogP contribution in [0.5, 0.6) is 0 Å². The van der Waals surface area contributed by atoms with Gasteiger partial charge in [0.15, 0.2) is 0 Å². The molecule has 0 aliphatic heterocycles. The minimum atomic E-state index is -0.661. The van der Waals surface area contributed by atoms with E-state index in [1.807, 2.05) is 0 Å². The van der Waals surface area contributed by atoms with Gasteiger partial charge in [-0.1, -0.05) is 33.1 Å². The topological polar surface area (TPSA) is 71.1 Å². The van der Waals surface area contributed by atoms with Gasteiger partial charge in [0.1, 0.15) is 12.2 Å². The SMILES string of the molecule is COC(=O)OC1CCC(OC(=O)OCCCCCC(C)C)CC1. The van der Waals surface area contributed by atoms with Crippen LogP contribution in [0.25, 0.3) is 0 Å². The fourth-order valence-corrected chi connectivity index (χ4v) is 2.61. The second-order valence-electron chi connectivity index (χ2n) is 6.43. The van der Waals surface area contributed by atoms with Gasteiger partial charge in [-0.25, -0.2) is 9.59 Å². The van der Waals surface area contributed by atoms with Gasteiger partial charge in [0, 0.05) is 0 Å². The highest BCUT2D eigenvalue weighted by molar-refractivity contribution is 5.60. The van der Waals surface area contributed by atoms with E-state index in [0.29, 0.717) is 32.3 Å². The van der Waals surface area contributed by atoms with Gasteiger partial charge >= 0.3 is 12.3 Å². The quantitative estimate of drug-likeness (QED) is 0.483. The molecule has 0 aromatic carbocycles. The summed E-state index contributed by atoms with van der Waals surface area (Å²) in [6.45, 7) is 4.83. The Hall–Kier alpha value is -1.46. The second-order valence-corrected chi connectivity index (χ2v) is 6.43. The van der Waals surface area contributed by atoms with Gasteiger partial charge < -0.3 is 18.9 Å². The van der Waals surface area contributed by atoms with Gasteiger partial charge in [-0.05, 0) is 38.0 Å². The molecule has 0 aromatic heterocycles. The zero-order valence-electron chi connectivity index (χ0n) is 14.5. The molecule has 1 aliphatic rings. The monoisotopic (exact) mass is 330 g/mol. The minimum Gasteiger partial charge on any atom is -0.438 e. The Bertz CT molecular complexity index is 347. The Labute approximate surface area is 138 Å². The molecule has 0 aromatic rings. The van der Waals surface area contributed by atoms with Crippen LogP contribution in [0.15, 0.2) is 0 Å². The van der Waals surface area contributed by atoms with Crippen LogP contribution in [0.1, 0.15) is 65.2 Å². The molecule has 23 heavy (non-hydrogen) atoms. The molecular formula is C17H30O6. The van der Waals surface area contributed by atoms with Crippen molar-refractivity contribution in [3.05, 3.63) is 0 Å². The first-order valence-corrected chi connectivity index (χ1v) is 8.59. The van der Waals surface area contributed by atoms with Crippen LogP contribution < -0.4 is 0 Å². The largest absolute Gasteiger partial charge is 0.508 e. The van der Waals surface area contributed by atoms with E-state index < -0.39 is 12.3 Å². The van der Waals surface area contributed by atoms with Crippen LogP contribution in [0.4, 0.5) is 9.59 Å². The molecule has 0 bridgehead atoms. The average molecular weight is 330 g/mol. The van der Waals surface area contributed by atoms with Crippen molar-refractivity contribution in [2.45, 2.75) is 77.4 Å². The number of carbonyl (C=O) groups excluding carboxylic acids is 2. The summed E-state index contributed by atoms with van der Waals surface area (Å²) in [6, 6.07) is 0. The number of ether oxygens (including phenoxy) is 4. The third-order valence-electron chi connectivity index (χ3n) is 3.96. The molecule has 0 amide bonds.